The van der Waals surface area contributed by atoms with Crippen molar-refractivity contribution in [1.29, 1.82) is 0 Å². The molecule has 8 nitrogen and oxygen atoms in total. The van der Waals surface area contributed by atoms with Gasteiger partial charge in [-0.05, 0) is 19.1 Å². The van der Waals surface area contributed by atoms with Crippen LogP contribution in [-0.2, 0) is 0 Å². The number of methoxy groups -OCH3 is 1. The van der Waals surface area contributed by atoms with Gasteiger partial charge in [-0.15, -0.1) is 0 Å². The normalized spacial score (nSPS) is 11.2. The Morgan fingerprint density at radius 1 is 1.48 bits per heavy atom. The highest BCUT2D eigenvalue weighted by Gasteiger charge is 2.17. The van der Waals surface area contributed by atoms with Gasteiger partial charge in [0.15, 0.2) is 5.84 Å². The van der Waals surface area contributed by atoms with Crippen molar-refractivity contribution in [3.63, 3.8) is 0 Å². The Hall–Kier alpha value is -3.03. The number of oxime groups is 1. The fraction of sp³-hybridized carbons (Fsp3) is 0.154. The average Bonchev–Trinajstić information content (AvgIpc) is 2.94. The Morgan fingerprint density at radius 2 is 2.24 bits per heavy atom. The summed E-state index contributed by atoms with van der Waals surface area (Å²) in [6.07, 6.45) is 1.35. The van der Waals surface area contributed by atoms with Crippen molar-refractivity contribution in [3.05, 3.63) is 41.1 Å². The third-order valence-electron chi connectivity index (χ3n) is 2.86. The van der Waals surface area contributed by atoms with Crippen LogP contribution in [0.2, 0.25) is 0 Å². The van der Waals surface area contributed by atoms with Crippen molar-refractivity contribution >= 4 is 17.6 Å². The number of nitrogens with one attached hydrogen (secondary N) is 2. The number of amides is 1. The highest BCUT2D eigenvalue weighted by Crippen LogP contribution is 2.21. The molecule has 2 rings (SSSR count). The predicted molar refractivity (Wildman–Crippen MR) is 76.8 cm³/mol. The van der Waals surface area contributed by atoms with Crippen molar-refractivity contribution in [3.8, 4) is 5.75 Å². The molecule has 0 atom stereocenters. The van der Waals surface area contributed by atoms with E-state index in [1.807, 2.05) is 13.0 Å². The lowest BCUT2D eigenvalue weighted by molar-refractivity contribution is 0.102. The van der Waals surface area contributed by atoms with Crippen LogP contribution in [0.5, 0.6) is 5.75 Å². The lowest BCUT2D eigenvalue weighted by atomic mass is 10.1. The van der Waals surface area contributed by atoms with Gasteiger partial charge in [0, 0.05) is 0 Å². The maximum atomic E-state index is 12.3. The second-order valence-corrected chi connectivity index (χ2v) is 4.30. The first-order chi connectivity index (χ1) is 10.1. The van der Waals surface area contributed by atoms with E-state index in [2.05, 4.69) is 20.7 Å². The standard InChI is InChI=1S/C13H15N5O3/c1-7-3-4-10(21-2)8(5-7)13(19)16-12-9(6-15-17-12)11(14)18-20/h3-6,20H,1-2H3,(H2,14,18)(H2,15,16,17,19). The lowest BCUT2D eigenvalue weighted by Crippen LogP contribution is -2.19. The molecule has 0 aliphatic heterocycles. The summed E-state index contributed by atoms with van der Waals surface area (Å²) in [6.45, 7) is 1.87. The summed E-state index contributed by atoms with van der Waals surface area (Å²) in [7, 11) is 1.49. The molecular formula is C13H15N5O3. The Bertz CT molecular complexity index is 693. The van der Waals surface area contributed by atoms with Gasteiger partial charge in [-0.25, -0.2) is 0 Å². The van der Waals surface area contributed by atoms with Gasteiger partial charge in [0.25, 0.3) is 5.91 Å². The Labute approximate surface area is 120 Å². The molecular weight excluding hydrogens is 274 g/mol. The summed E-state index contributed by atoms with van der Waals surface area (Å²) in [5.74, 6) is 0.129. The zero-order valence-corrected chi connectivity index (χ0v) is 11.5. The summed E-state index contributed by atoms with van der Waals surface area (Å²) < 4.78 is 5.16. The van der Waals surface area contributed by atoms with E-state index in [0.29, 0.717) is 11.3 Å². The highest BCUT2D eigenvalue weighted by molar-refractivity contribution is 6.10. The topological polar surface area (TPSA) is 126 Å². The number of carbonyl (C=O) groups is 1. The van der Waals surface area contributed by atoms with Crippen LogP contribution in [-0.4, -0.2) is 34.3 Å². The minimum Gasteiger partial charge on any atom is -0.496 e. The molecule has 110 valence electrons. The summed E-state index contributed by atoms with van der Waals surface area (Å²) in [5.41, 5.74) is 7.08. The minimum atomic E-state index is -0.396. The predicted octanol–water partition coefficient (Wildman–Crippen LogP) is 1.07. The molecule has 0 aliphatic carbocycles. The number of anilines is 1. The number of carbonyl (C=O) groups excluding carboxylic acids is 1. The van der Waals surface area contributed by atoms with E-state index in [9.17, 15) is 4.79 Å². The summed E-state index contributed by atoms with van der Waals surface area (Å²) in [4.78, 5) is 12.3. The van der Waals surface area contributed by atoms with Crippen LogP contribution in [0, 0.1) is 6.92 Å². The van der Waals surface area contributed by atoms with Crippen LogP contribution >= 0.6 is 0 Å². The number of aryl methyl sites for hydroxylation is 1. The molecule has 1 amide bonds. The van der Waals surface area contributed by atoms with Gasteiger partial charge in [-0.3, -0.25) is 9.89 Å². The summed E-state index contributed by atoms with van der Waals surface area (Å²) in [5, 5.41) is 20.5. The van der Waals surface area contributed by atoms with Gasteiger partial charge < -0.3 is 21.0 Å². The van der Waals surface area contributed by atoms with Gasteiger partial charge in [-0.1, -0.05) is 16.8 Å². The first-order valence-electron chi connectivity index (χ1n) is 6.04. The van der Waals surface area contributed by atoms with E-state index in [1.54, 1.807) is 12.1 Å². The molecule has 0 radical (unpaired) electrons. The molecule has 0 spiro atoms. The molecule has 0 unspecified atom stereocenters. The molecule has 1 aromatic heterocycles. The van der Waals surface area contributed by atoms with Crippen molar-refractivity contribution in [2.45, 2.75) is 6.92 Å². The minimum absolute atomic E-state index is 0.157. The number of aromatic amines is 1. The molecule has 5 N–H and O–H groups in total. The van der Waals surface area contributed by atoms with Crippen molar-refractivity contribution in [2.75, 3.05) is 12.4 Å². The highest BCUT2D eigenvalue weighted by atomic mass is 16.5. The van der Waals surface area contributed by atoms with E-state index in [0.717, 1.165) is 5.56 Å². The number of ether oxygens (including phenoxy) is 1. The molecule has 0 bridgehead atoms. The van der Waals surface area contributed by atoms with Gasteiger partial charge in [0.1, 0.15) is 11.6 Å². The molecule has 1 aromatic carbocycles. The zero-order chi connectivity index (χ0) is 15.4. The van der Waals surface area contributed by atoms with Crippen molar-refractivity contribution < 1.29 is 14.7 Å². The van der Waals surface area contributed by atoms with E-state index in [1.165, 1.54) is 13.3 Å². The molecule has 0 fully saturated rings. The zero-order valence-electron chi connectivity index (χ0n) is 11.5. The second kappa shape index (κ2) is 5.95. The fourth-order valence-electron chi connectivity index (χ4n) is 1.81. The smallest absolute Gasteiger partial charge is 0.260 e. The van der Waals surface area contributed by atoms with E-state index in [4.69, 9.17) is 15.7 Å². The summed E-state index contributed by atoms with van der Waals surface area (Å²) >= 11 is 0. The van der Waals surface area contributed by atoms with Crippen LogP contribution in [0.3, 0.4) is 0 Å². The number of rotatable bonds is 4. The number of hydrogen-bond donors (Lipinski definition) is 4. The van der Waals surface area contributed by atoms with E-state index in [-0.39, 0.29) is 17.2 Å². The number of nitrogens with two attached hydrogens (primary N) is 1. The van der Waals surface area contributed by atoms with Gasteiger partial charge in [0.2, 0.25) is 0 Å². The monoisotopic (exact) mass is 289 g/mol. The molecule has 21 heavy (non-hydrogen) atoms. The van der Waals surface area contributed by atoms with Gasteiger partial charge >= 0.3 is 0 Å². The Kier molecular flexibility index (Phi) is 4.07. The summed E-state index contributed by atoms with van der Waals surface area (Å²) in [6, 6.07) is 5.25. The number of H-pyrrole nitrogens is 1. The Morgan fingerprint density at radius 3 is 2.90 bits per heavy atom. The van der Waals surface area contributed by atoms with Crippen LogP contribution in [0.15, 0.2) is 29.6 Å². The number of amidine groups is 1. The van der Waals surface area contributed by atoms with Crippen LogP contribution in [0.25, 0.3) is 0 Å². The molecule has 8 heteroatoms. The second-order valence-electron chi connectivity index (χ2n) is 4.30. The Balaban J connectivity index is 2.31. The van der Waals surface area contributed by atoms with E-state index < -0.39 is 5.91 Å². The van der Waals surface area contributed by atoms with Gasteiger partial charge in [-0.2, -0.15) is 5.10 Å². The van der Waals surface area contributed by atoms with Crippen LogP contribution in [0.4, 0.5) is 5.82 Å². The quantitative estimate of drug-likeness (QED) is 0.290. The number of nitrogens with zero attached hydrogens (tertiary/aromatic N) is 2. The maximum Gasteiger partial charge on any atom is 0.260 e. The molecule has 1 heterocycles. The fourth-order valence-corrected chi connectivity index (χ4v) is 1.81. The van der Waals surface area contributed by atoms with Crippen molar-refractivity contribution in [2.24, 2.45) is 10.9 Å². The molecule has 0 saturated heterocycles. The average molecular weight is 289 g/mol. The SMILES string of the molecule is COc1ccc(C)cc1C(=O)Nc1[nH]ncc1C(N)=NO. The number of benzene rings is 1. The van der Waals surface area contributed by atoms with Gasteiger partial charge in [0.05, 0.1) is 24.4 Å². The molecule has 0 saturated carbocycles. The largest absolute Gasteiger partial charge is 0.496 e. The van der Waals surface area contributed by atoms with Crippen molar-refractivity contribution in [1.82, 2.24) is 10.2 Å². The first-order valence-corrected chi connectivity index (χ1v) is 6.04. The number of hydrogen-bond acceptors (Lipinski definition) is 5. The number of aromatic nitrogens is 2. The third kappa shape index (κ3) is 2.94. The maximum absolute atomic E-state index is 12.3. The lowest BCUT2D eigenvalue weighted by Gasteiger charge is -2.10. The van der Waals surface area contributed by atoms with E-state index >= 15 is 0 Å². The van der Waals surface area contributed by atoms with Crippen LogP contribution in [0.1, 0.15) is 21.5 Å². The molecule has 2 aromatic rings. The third-order valence-corrected chi connectivity index (χ3v) is 2.86. The first kappa shape index (κ1) is 14.4. The molecule has 0 aliphatic rings. The van der Waals surface area contributed by atoms with Crippen LogP contribution < -0.4 is 15.8 Å².